The second kappa shape index (κ2) is 12.5. The summed E-state index contributed by atoms with van der Waals surface area (Å²) < 4.78 is 94.1. The third-order valence-electron chi connectivity index (χ3n) is 10.1. The molecule has 0 aliphatic heterocycles. The maximum Gasteiger partial charge on any atom is 0.438 e. The van der Waals surface area contributed by atoms with Gasteiger partial charge in [0.05, 0.1) is 11.7 Å². The number of rotatable bonds is 7. The first-order valence-electron chi connectivity index (χ1n) is 15.0. The van der Waals surface area contributed by atoms with Crippen molar-refractivity contribution >= 4 is 0 Å². The molecule has 0 radical (unpaired) electrons. The van der Waals surface area contributed by atoms with Crippen LogP contribution in [0.4, 0.5) is 30.7 Å². The molecule has 3 aliphatic carbocycles. The van der Waals surface area contributed by atoms with E-state index in [4.69, 9.17) is 0 Å². The molecule has 6 atom stereocenters. The summed E-state index contributed by atoms with van der Waals surface area (Å²) in [7, 11) is 0. The predicted octanol–water partition coefficient (Wildman–Crippen LogP) is 8.30. The third-order valence-corrected chi connectivity index (χ3v) is 10.1. The zero-order chi connectivity index (χ0) is 32.6. The van der Waals surface area contributed by atoms with Crippen LogP contribution in [0.1, 0.15) is 98.3 Å². The Morgan fingerprint density at radius 3 is 2.21 bits per heavy atom. The molecule has 0 heterocycles. The molecular weight excluding hydrogens is 577 g/mol. The molecular formula is C33H45F7O3. The smallest absolute Gasteiger partial charge is 0.393 e. The molecule has 0 saturated heterocycles. The molecule has 0 aromatic heterocycles. The minimum absolute atomic E-state index is 0.0212. The summed E-state index contributed by atoms with van der Waals surface area (Å²) in [5, 5.41) is 29.9. The fourth-order valence-corrected chi connectivity index (χ4v) is 7.81. The fourth-order valence-electron chi connectivity index (χ4n) is 7.81. The minimum atomic E-state index is -6.01. The number of alkyl halides is 7. The zero-order valence-corrected chi connectivity index (χ0v) is 25.4. The van der Waals surface area contributed by atoms with Gasteiger partial charge in [-0.3, -0.25) is 0 Å². The first kappa shape index (κ1) is 35.6. The maximum absolute atomic E-state index is 14.3. The highest BCUT2D eigenvalue weighted by molar-refractivity contribution is 5.39. The number of allylic oxidation sites excluding steroid dienone is 4. The van der Waals surface area contributed by atoms with Crippen LogP contribution in [0.25, 0.3) is 0 Å². The molecule has 244 valence electrons. The summed E-state index contributed by atoms with van der Waals surface area (Å²) in [6.07, 6.45) is -5.02. The Balaban J connectivity index is 1.95. The van der Waals surface area contributed by atoms with Crippen LogP contribution >= 0.6 is 0 Å². The van der Waals surface area contributed by atoms with Gasteiger partial charge >= 0.3 is 18.0 Å². The fraction of sp³-hybridized carbons (Fsp3) is 0.758. The van der Waals surface area contributed by atoms with Gasteiger partial charge in [-0.2, -0.15) is 26.3 Å². The van der Waals surface area contributed by atoms with E-state index in [0.717, 1.165) is 37.2 Å². The summed E-state index contributed by atoms with van der Waals surface area (Å²) in [6.45, 7) is 11.1. The molecule has 0 aromatic rings. The first-order valence-corrected chi connectivity index (χ1v) is 15.0. The van der Waals surface area contributed by atoms with Crippen molar-refractivity contribution < 1.29 is 46.1 Å². The third kappa shape index (κ3) is 7.70. The average Bonchev–Trinajstić information content (AvgIpc) is 3.21. The van der Waals surface area contributed by atoms with Gasteiger partial charge in [0.15, 0.2) is 0 Å². The number of aliphatic hydroxyl groups excluding tert-OH is 1. The van der Waals surface area contributed by atoms with E-state index in [1.54, 1.807) is 13.8 Å². The Labute approximate surface area is 250 Å². The van der Waals surface area contributed by atoms with Crippen molar-refractivity contribution in [2.75, 3.05) is 0 Å². The molecule has 3 nitrogen and oxygen atoms in total. The second-order valence-electron chi connectivity index (χ2n) is 14.1. The van der Waals surface area contributed by atoms with Crippen molar-refractivity contribution in [3.8, 4) is 11.8 Å². The SMILES string of the molecule is C=C1C(=CC=C2CCC[C@@]3(C)C2CC[C@@H]3[C@@](C)(CC#CC(O)(C(F)(F)F)C(F)(F)F)CCCC(C)(C)O)C[C@@H](O)C[C@@H]1F. The molecule has 0 amide bonds. The van der Waals surface area contributed by atoms with Crippen LogP contribution in [0.2, 0.25) is 0 Å². The molecule has 3 saturated carbocycles. The lowest BCUT2D eigenvalue weighted by atomic mass is 9.55. The van der Waals surface area contributed by atoms with Crippen LogP contribution in [-0.2, 0) is 0 Å². The molecule has 10 heteroatoms. The molecule has 3 aliphatic rings. The number of aliphatic hydroxyl groups is 3. The van der Waals surface area contributed by atoms with Crippen molar-refractivity contribution in [1.29, 1.82) is 0 Å². The lowest BCUT2D eigenvalue weighted by Gasteiger charge is -2.49. The van der Waals surface area contributed by atoms with E-state index >= 15 is 0 Å². The van der Waals surface area contributed by atoms with Crippen molar-refractivity contribution in [3.05, 3.63) is 35.5 Å². The monoisotopic (exact) mass is 622 g/mol. The van der Waals surface area contributed by atoms with Gasteiger partial charge in [0.2, 0.25) is 0 Å². The van der Waals surface area contributed by atoms with Gasteiger partial charge in [0.25, 0.3) is 0 Å². The van der Waals surface area contributed by atoms with E-state index in [1.165, 1.54) is 0 Å². The lowest BCUT2D eigenvalue weighted by molar-refractivity contribution is -0.343. The summed E-state index contributed by atoms with van der Waals surface area (Å²) in [5.41, 5.74) is -5.05. The highest BCUT2D eigenvalue weighted by atomic mass is 19.4. The lowest BCUT2D eigenvalue weighted by Crippen LogP contribution is -2.55. The Kier molecular flexibility index (Phi) is 10.4. The van der Waals surface area contributed by atoms with Crippen LogP contribution in [0, 0.1) is 34.5 Å². The largest absolute Gasteiger partial charge is 0.438 e. The Hall–Kier alpha value is -1.83. The first-order chi connectivity index (χ1) is 19.5. The predicted molar refractivity (Wildman–Crippen MR) is 151 cm³/mol. The quantitative estimate of drug-likeness (QED) is 0.198. The maximum atomic E-state index is 14.3. The van der Waals surface area contributed by atoms with Crippen molar-refractivity contribution in [3.63, 3.8) is 0 Å². The van der Waals surface area contributed by atoms with Gasteiger partial charge in [0.1, 0.15) is 6.17 Å². The van der Waals surface area contributed by atoms with Crippen LogP contribution < -0.4 is 0 Å². The summed E-state index contributed by atoms with van der Waals surface area (Å²) in [6, 6.07) is 0. The van der Waals surface area contributed by atoms with Crippen molar-refractivity contribution in [1.82, 2.24) is 0 Å². The van der Waals surface area contributed by atoms with E-state index in [2.05, 4.69) is 19.4 Å². The Morgan fingerprint density at radius 1 is 1.00 bits per heavy atom. The summed E-state index contributed by atoms with van der Waals surface area (Å²) >= 11 is 0. The number of fused-ring (bicyclic) bond motifs is 1. The van der Waals surface area contributed by atoms with Crippen LogP contribution in [0.5, 0.6) is 0 Å². The summed E-state index contributed by atoms with van der Waals surface area (Å²) in [4.78, 5) is 0. The normalized spacial score (nSPS) is 32.4. The van der Waals surface area contributed by atoms with Gasteiger partial charge in [0, 0.05) is 12.8 Å². The second-order valence-corrected chi connectivity index (χ2v) is 14.1. The highest BCUT2D eigenvalue weighted by Crippen LogP contribution is 2.63. The van der Waals surface area contributed by atoms with Crippen LogP contribution in [0.3, 0.4) is 0 Å². The minimum Gasteiger partial charge on any atom is -0.393 e. The van der Waals surface area contributed by atoms with Crippen LogP contribution in [0.15, 0.2) is 35.5 Å². The molecule has 3 N–H and O–H groups in total. The van der Waals surface area contributed by atoms with Gasteiger partial charge in [-0.25, -0.2) is 4.39 Å². The average molecular weight is 623 g/mol. The van der Waals surface area contributed by atoms with E-state index in [0.29, 0.717) is 43.3 Å². The number of hydrogen-bond donors (Lipinski definition) is 3. The molecule has 3 rings (SSSR count). The van der Waals surface area contributed by atoms with Gasteiger partial charge in [-0.1, -0.05) is 50.5 Å². The van der Waals surface area contributed by atoms with Crippen molar-refractivity contribution in [2.24, 2.45) is 22.7 Å². The molecule has 0 aromatic carbocycles. The van der Waals surface area contributed by atoms with Gasteiger partial charge in [-0.05, 0) is 105 Å². The van der Waals surface area contributed by atoms with E-state index in [9.17, 15) is 46.1 Å². The van der Waals surface area contributed by atoms with E-state index in [1.807, 2.05) is 19.1 Å². The van der Waals surface area contributed by atoms with E-state index < -0.39 is 41.2 Å². The Bertz CT molecular complexity index is 1140. The summed E-state index contributed by atoms with van der Waals surface area (Å²) in [5.74, 6) is 3.28. The zero-order valence-electron chi connectivity index (χ0n) is 25.4. The van der Waals surface area contributed by atoms with Crippen LogP contribution in [-0.4, -0.2) is 51.1 Å². The van der Waals surface area contributed by atoms with Gasteiger partial charge < -0.3 is 15.3 Å². The number of halogens is 7. The molecule has 1 unspecified atom stereocenters. The standard InChI is InChI=1S/C33H45F7O3/c1-21-23(19-24(41)20-26(21)34)11-10-22-9-6-17-30(5)25(22)12-13-27(30)29(4,15-7-14-28(2,3)42)16-8-18-31(43,32(35,36)37)33(38,39)40/h10-11,24-27,41-43H,1,6-7,9,12-17,19-20H2,2-5H3/t24-,25?,26+,27-,29-,30+/m1/s1. The highest BCUT2D eigenvalue weighted by Gasteiger charge is 2.70. The molecule has 3 fully saturated rings. The van der Waals surface area contributed by atoms with E-state index in [-0.39, 0.29) is 30.1 Å². The molecule has 43 heavy (non-hydrogen) atoms. The number of hydrogen-bond acceptors (Lipinski definition) is 3. The molecule has 0 spiro atoms. The van der Waals surface area contributed by atoms with Crippen molar-refractivity contribution in [2.45, 2.75) is 134 Å². The van der Waals surface area contributed by atoms with Gasteiger partial charge in [-0.15, -0.1) is 0 Å². The Morgan fingerprint density at radius 2 is 1.63 bits per heavy atom. The molecule has 0 bridgehead atoms. The topological polar surface area (TPSA) is 60.7 Å².